The molecular formula is C14H30N2. The Morgan fingerprint density at radius 2 is 1.94 bits per heavy atom. The van der Waals surface area contributed by atoms with Gasteiger partial charge in [0.25, 0.3) is 0 Å². The average Bonchev–Trinajstić information content (AvgIpc) is 2.74. The molecule has 1 rings (SSSR count). The SMILES string of the molecule is CCCCCNCC1CNC(CCCC)C1. The highest BCUT2D eigenvalue weighted by Crippen LogP contribution is 2.17. The van der Waals surface area contributed by atoms with Crippen molar-refractivity contribution in [3.05, 3.63) is 0 Å². The second kappa shape index (κ2) is 9.00. The second-order valence-electron chi connectivity index (χ2n) is 5.26. The van der Waals surface area contributed by atoms with Crippen molar-refractivity contribution in [2.45, 2.75) is 64.8 Å². The molecule has 2 nitrogen and oxygen atoms in total. The first-order valence-corrected chi connectivity index (χ1v) is 7.30. The van der Waals surface area contributed by atoms with Crippen molar-refractivity contribution in [2.24, 2.45) is 5.92 Å². The Balaban J connectivity index is 1.94. The Morgan fingerprint density at radius 1 is 1.12 bits per heavy atom. The van der Waals surface area contributed by atoms with Crippen molar-refractivity contribution in [3.8, 4) is 0 Å². The minimum atomic E-state index is 0.808. The predicted molar refractivity (Wildman–Crippen MR) is 71.8 cm³/mol. The van der Waals surface area contributed by atoms with Gasteiger partial charge in [0.05, 0.1) is 0 Å². The average molecular weight is 226 g/mol. The molecule has 1 fully saturated rings. The third kappa shape index (κ3) is 5.86. The molecule has 2 heteroatoms. The summed E-state index contributed by atoms with van der Waals surface area (Å²) in [6.07, 6.45) is 9.52. The molecule has 0 spiro atoms. The van der Waals surface area contributed by atoms with Crippen LogP contribution >= 0.6 is 0 Å². The lowest BCUT2D eigenvalue weighted by molar-refractivity contribution is 0.478. The predicted octanol–water partition coefficient (Wildman–Crippen LogP) is 2.93. The molecule has 0 amide bonds. The van der Waals surface area contributed by atoms with E-state index in [1.54, 1.807) is 0 Å². The topological polar surface area (TPSA) is 24.1 Å². The molecule has 1 aliphatic rings. The summed E-state index contributed by atoms with van der Waals surface area (Å²) in [5.41, 5.74) is 0. The summed E-state index contributed by atoms with van der Waals surface area (Å²) < 4.78 is 0. The Hall–Kier alpha value is -0.0800. The molecule has 0 aromatic carbocycles. The minimum absolute atomic E-state index is 0.808. The van der Waals surface area contributed by atoms with E-state index < -0.39 is 0 Å². The molecule has 1 saturated heterocycles. The quantitative estimate of drug-likeness (QED) is 0.591. The third-order valence-corrected chi connectivity index (χ3v) is 3.61. The zero-order valence-corrected chi connectivity index (χ0v) is 11.2. The van der Waals surface area contributed by atoms with Gasteiger partial charge in [0, 0.05) is 6.04 Å². The van der Waals surface area contributed by atoms with Crippen LogP contribution in [0.5, 0.6) is 0 Å². The normalized spacial score (nSPS) is 25.1. The summed E-state index contributed by atoms with van der Waals surface area (Å²) in [5, 5.41) is 7.25. The van der Waals surface area contributed by atoms with E-state index in [1.165, 1.54) is 64.6 Å². The van der Waals surface area contributed by atoms with Crippen LogP contribution in [0.3, 0.4) is 0 Å². The van der Waals surface area contributed by atoms with E-state index in [4.69, 9.17) is 0 Å². The van der Waals surface area contributed by atoms with Crippen molar-refractivity contribution in [3.63, 3.8) is 0 Å². The van der Waals surface area contributed by atoms with Crippen LogP contribution in [0.1, 0.15) is 58.8 Å². The molecular weight excluding hydrogens is 196 g/mol. The molecule has 2 N–H and O–H groups in total. The van der Waals surface area contributed by atoms with Gasteiger partial charge in [0.2, 0.25) is 0 Å². The van der Waals surface area contributed by atoms with E-state index >= 15 is 0 Å². The van der Waals surface area contributed by atoms with Crippen LogP contribution in [-0.4, -0.2) is 25.7 Å². The van der Waals surface area contributed by atoms with E-state index in [2.05, 4.69) is 24.5 Å². The molecule has 2 unspecified atom stereocenters. The summed E-state index contributed by atoms with van der Waals surface area (Å²) in [5.74, 6) is 0.878. The molecule has 0 bridgehead atoms. The largest absolute Gasteiger partial charge is 0.316 e. The maximum Gasteiger partial charge on any atom is 0.00707 e. The van der Waals surface area contributed by atoms with Crippen LogP contribution in [0.25, 0.3) is 0 Å². The van der Waals surface area contributed by atoms with E-state index in [9.17, 15) is 0 Å². The lowest BCUT2D eigenvalue weighted by Gasteiger charge is -2.11. The van der Waals surface area contributed by atoms with Gasteiger partial charge in [-0.25, -0.2) is 0 Å². The zero-order valence-electron chi connectivity index (χ0n) is 11.2. The lowest BCUT2D eigenvalue weighted by Crippen LogP contribution is -2.25. The fraction of sp³-hybridized carbons (Fsp3) is 1.00. The fourth-order valence-electron chi connectivity index (χ4n) is 2.53. The molecule has 0 aliphatic carbocycles. The molecule has 1 heterocycles. The van der Waals surface area contributed by atoms with Crippen molar-refractivity contribution in [1.82, 2.24) is 10.6 Å². The van der Waals surface area contributed by atoms with E-state index in [0.29, 0.717) is 0 Å². The summed E-state index contributed by atoms with van der Waals surface area (Å²) in [4.78, 5) is 0. The summed E-state index contributed by atoms with van der Waals surface area (Å²) >= 11 is 0. The van der Waals surface area contributed by atoms with Crippen LogP contribution < -0.4 is 10.6 Å². The lowest BCUT2D eigenvalue weighted by atomic mass is 10.0. The summed E-state index contributed by atoms with van der Waals surface area (Å²) in [7, 11) is 0. The van der Waals surface area contributed by atoms with E-state index in [0.717, 1.165) is 12.0 Å². The first-order chi connectivity index (χ1) is 7.86. The monoisotopic (exact) mass is 226 g/mol. The maximum atomic E-state index is 3.65. The van der Waals surface area contributed by atoms with Crippen molar-refractivity contribution < 1.29 is 0 Å². The zero-order chi connectivity index (χ0) is 11.6. The van der Waals surface area contributed by atoms with Gasteiger partial charge in [0.1, 0.15) is 0 Å². The molecule has 2 atom stereocenters. The molecule has 96 valence electrons. The Kier molecular flexibility index (Phi) is 7.87. The van der Waals surface area contributed by atoms with Gasteiger partial charge in [-0.1, -0.05) is 39.5 Å². The molecule has 0 radical (unpaired) electrons. The number of rotatable bonds is 9. The first-order valence-electron chi connectivity index (χ1n) is 7.30. The molecule has 1 aliphatic heterocycles. The third-order valence-electron chi connectivity index (χ3n) is 3.61. The van der Waals surface area contributed by atoms with E-state index in [-0.39, 0.29) is 0 Å². The standard InChI is InChI=1S/C14H30N2/c1-3-5-7-9-15-11-13-10-14(16-12-13)8-6-4-2/h13-16H,3-12H2,1-2H3. The van der Waals surface area contributed by atoms with Crippen molar-refractivity contribution in [1.29, 1.82) is 0 Å². The van der Waals surface area contributed by atoms with Gasteiger partial charge < -0.3 is 10.6 Å². The van der Waals surface area contributed by atoms with Crippen LogP contribution in [-0.2, 0) is 0 Å². The van der Waals surface area contributed by atoms with Crippen LogP contribution in [0, 0.1) is 5.92 Å². The Bertz CT molecular complexity index is 159. The first kappa shape index (κ1) is 14.0. The Labute approximate surface area is 102 Å². The maximum absolute atomic E-state index is 3.65. The van der Waals surface area contributed by atoms with E-state index in [1.807, 2.05) is 0 Å². The molecule has 16 heavy (non-hydrogen) atoms. The highest BCUT2D eigenvalue weighted by Gasteiger charge is 2.22. The second-order valence-corrected chi connectivity index (χ2v) is 5.26. The smallest absolute Gasteiger partial charge is 0.00707 e. The van der Waals surface area contributed by atoms with Gasteiger partial charge in [0.15, 0.2) is 0 Å². The minimum Gasteiger partial charge on any atom is -0.316 e. The molecule has 0 aromatic rings. The van der Waals surface area contributed by atoms with Gasteiger partial charge in [-0.2, -0.15) is 0 Å². The summed E-state index contributed by atoms with van der Waals surface area (Å²) in [6.45, 7) is 8.21. The van der Waals surface area contributed by atoms with Crippen LogP contribution in [0.15, 0.2) is 0 Å². The van der Waals surface area contributed by atoms with Gasteiger partial charge in [-0.15, -0.1) is 0 Å². The molecule has 0 saturated carbocycles. The van der Waals surface area contributed by atoms with Crippen molar-refractivity contribution in [2.75, 3.05) is 19.6 Å². The van der Waals surface area contributed by atoms with Gasteiger partial charge >= 0.3 is 0 Å². The summed E-state index contributed by atoms with van der Waals surface area (Å²) in [6, 6.07) is 0.808. The highest BCUT2D eigenvalue weighted by atomic mass is 15.0. The van der Waals surface area contributed by atoms with Crippen molar-refractivity contribution >= 4 is 0 Å². The number of nitrogens with one attached hydrogen (secondary N) is 2. The van der Waals surface area contributed by atoms with Gasteiger partial charge in [-0.05, 0) is 44.8 Å². The molecule has 0 aromatic heterocycles. The van der Waals surface area contributed by atoms with Crippen LogP contribution in [0.4, 0.5) is 0 Å². The Morgan fingerprint density at radius 3 is 2.69 bits per heavy atom. The number of hydrogen-bond acceptors (Lipinski definition) is 2. The number of hydrogen-bond donors (Lipinski definition) is 2. The fourth-order valence-corrected chi connectivity index (χ4v) is 2.53. The van der Waals surface area contributed by atoms with Crippen LogP contribution in [0.2, 0.25) is 0 Å². The number of unbranched alkanes of at least 4 members (excludes halogenated alkanes) is 3. The highest BCUT2D eigenvalue weighted by molar-refractivity contribution is 4.82. The van der Waals surface area contributed by atoms with Gasteiger partial charge in [-0.3, -0.25) is 0 Å².